The standard InChI is InChI=1S/C27H23N7O2S2/c1-18-26(30-32-33(18)21-12-14-22(15-13-21)38(28,35)36)23-16-25(20-10-6-3-7-11-20)34(31-23)27-29-24(17-37-27)19-8-4-2-5-9-19/h2-15,17,25H,16H2,1H3,(H2,28,35,36). The molecule has 2 N–H and O–H groups in total. The van der Waals surface area contributed by atoms with Crippen molar-refractivity contribution in [2.75, 3.05) is 5.01 Å². The van der Waals surface area contributed by atoms with Gasteiger partial charge in [0.1, 0.15) is 5.69 Å². The maximum absolute atomic E-state index is 11.6. The van der Waals surface area contributed by atoms with Crippen LogP contribution in [0.15, 0.2) is 100 Å². The van der Waals surface area contributed by atoms with Crippen LogP contribution < -0.4 is 10.1 Å². The zero-order valence-corrected chi connectivity index (χ0v) is 22.0. The van der Waals surface area contributed by atoms with Gasteiger partial charge in [-0.25, -0.2) is 28.2 Å². The van der Waals surface area contributed by atoms with E-state index in [1.807, 2.05) is 65.8 Å². The molecular weight excluding hydrogens is 518 g/mol. The van der Waals surface area contributed by atoms with Crippen LogP contribution in [0.1, 0.15) is 29.4 Å². The van der Waals surface area contributed by atoms with Crippen LogP contribution in [0.3, 0.4) is 0 Å². The highest BCUT2D eigenvalue weighted by Crippen LogP contribution is 2.39. The van der Waals surface area contributed by atoms with Gasteiger partial charge in [0.05, 0.1) is 33.7 Å². The van der Waals surface area contributed by atoms with Gasteiger partial charge in [0.25, 0.3) is 0 Å². The molecule has 0 radical (unpaired) electrons. The number of nitrogens with two attached hydrogens (primary N) is 1. The monoisotopic (exact) mass is 541 g/mol. The number of rotatable bonds is 6. The van der Waals surface area contributed by atoms with Gasteiger partial charge in [0, 0.05) is 17.4 Å². The summed E-state index contributed by atoms with van der Waals surface area (Å²) in [6.07, 6.45) is 0.633. The lowest BCUT2D eigenvalue weighted by Crippen LogP contribution is -2.18. The lowest BCUT2D eigenvalue weighted by molar-refractivity contribution is 0.597. The maximum Gasteiger partial charge on any atom is 0.238 e. The van der Waals surface area contributed by atoms with Gasteiger partial charge in [-0.05, 0) is 36.8 Å². The number of hydrogen-bond donors (Lipinski definition) is 1. The van der Waals surface area contributed by atoms with Crippen molar-refractivity contribution in [2.45, 2.75) is 24.3 Å². The summed E-state index contributed by atoms with van der Waals surface area (Å²) in [6, 6.07) is 26.5. The molecule has 38 heavy (non-hydrogen) atoms. The number of hydrogen-bond acceptors (Lipinski definition) is 8. The van der Waals surface area contributed by atoms with Crippen molar-refractivity contribution in [1.29, 1.82) is 0 Å². The van der Waals surface area contributed by atoms with E-state index in [0.29, 0.717) is 17.8 Å². The summed E-state index contributed by atoms with van der Waals surface area (Å²) in [5.41, 5.74) is 6.06. The molecule has 0 aliphatic carbocycles. The molecular formula is C27H23N7O2S2. The van der Waals surface area contributed by atoms with Gasteiger partial charge in [-0.2, -0.15) is 5.10 Å². The van der Waals surface area contributed by atoms with E-state index in [9.17, 15) is 8.42 Å². The molecule has 0 spiro atoms. The second-order valence-electron chi connectivity index (χ2n) is 8.88. The topological polar surface area (TPSA) is 119 Å². The normalized spacial score (nSPS) is 15.6. The van der Waals surface area contributed by atoms with Crippen molar-refractivity contribution in [1.82, 2.24) is 20.0 Å². The molecule has 0 amide bonds. The van der Waals surface area contributed by atoms with Gasteiger partial charge in [0.15, 0.2) is 0 Å². The van der Waals surface area contributed by atoms with Crippen LogP contribution in [0.4, 0.5) is 5.13 Å². The summed E-state index contributed by atoms with van der Waals surface area (Å²) in [5.74, 6) is 0. The second-order valence-corrected chi connectivity index (χ2v) is 11.3. The zero-order valence-electron chi connectivity index (χ0n) is 20.3. The average molecular weight is 542 g/mol. The average Bonchev–Trinajstić information content (AvgIpc) is 3.68. The molecule has 0 fully saturated rings. The molecule has 3 aromatic carbocycles. The Kier molecular flexibility index (Phi) is 6.10. The second kappa shape index (κ2) is 9.60. The number of anilines is 1. The van der Waals surface area contributed by atoms with Crippen molar-refractivity contribution < 1.29 is 8.42 Å². The molecule has 0 saturated carbocycles. The van der Waals surface area contributed by atoms with Gasteiger partial charge < -0.3 is 0 Å². The predicted octanol–water partition coefficient (Wildman–Crippen LogP) is 4.70. The van der Waals surface area contributed by atoms with Crippen LogP contribution in [0.25, 0.3) is 16.9 Å². The Morgan fingerprint density at radius 3 is 2.32 bits per heavy atom. The summed E-state index contributed by atoms with van der Waals surface area (Å²) in [4.78, 5) is 4.95. The Balaban J connectivity index is 1.36. The van der Waals surface area contributed by atoms with E-state index in [2.05, 4.69) is 22.4 Å². The number of primary sulfonamides is 1. The fraction of sp³-hybridized carbons (Fsp3) is 0.111. The van der Waals surface area contributed by atoms with Crippen molar-refractivity contribution in [2.24, 2.45) is 10.2 Å². The Bertz CT molecular complexity index is 1730. The highest BCUT2D eigenvalue weighted by molar-refractivity contribution is 7.89. The van der Waals surface area contributed by atoms with E-state index in [4.69, 9.17) is 15.2 Å². The van der Waals surface area contributed by atoms with E-state index in [0.717, 1.165) is 33.4 Å². The number of thiazole rings is 1. The molecule has 1 aliphatic rings. The van der Waals surface area contributed by atoms with Crippen molar-refractivity contribution in [3.63, 3.8) is 0 Å². The predicted molar refractivity (Wildman–Crippen MR) is 148 cm³/mol. The molecule has 11 heteroatoms. The number of sulfonamides is 1. The Hall–Kier alpha value is -4.19. The van der Waals surface area contributed by atoms with Crippen LogP contribution >= 0.6 is 11.3 Å². The molecule has 1 unspecified atom stereocenters. The van der Waals surface area contributed by atoms with E-state index < -0.39 is 10.0 Å². The summed E-state index contributed by atoms with van der Waals surface area (Å²) in [6.45, 7) is 1.92. The van der Waals surface area contributed by atoms with E-state index >= 15 is 0 Å². The highest BCUT2D eigenvalue weighted by Gasteiger charge is 2.34. The molecule has 3 heterocycles. The fourth-order valence-corrected chi connectivity index (χ4v) is 5.84. The molecule has 0 saturated heterocycles. The van der Waals surface area contributed by atoms with Crippen molar-refractivity contribution >= 4 is 32.2 Å². The number of nitrogens with zero attached hydrogens (tertiary/aromatic N) is 6. The molecule has 1 aliphatic heterocycles. The van der Waals surface area contributed by atoms with Crippen LogP contribution in [-0.4, -0.2) is 34.1 Å². The SMILES string of the molecule is Cc1c(C2=NN(c3nc(-c4ccccc4)cs3)C(c3ccccc3)C2)nnn1-c1ccc(S(N)(=O)=O)cc1. The third-order valence-corrected chi connectivity index (χ3v) is 8.19. The summed E-state index contributed by atoms with van der Waals surface area (Å²) >= 11 is 1.55. The van der Waals surface area contributed by atoms with Crippen LogP contribution in [0.5, 0.6) is 0 Å². The lowest BCUT2D eigenvalue weighted by atomic mass is 10.0. The van der Waals surface area contributed by atoms with E-state index in [1.165, 1.54) is 12.1 Å². The quantitative estimate of drug-likeness (QED) is 0.333. The Morgan fingerprint density at radius 1 is 0.947 bits per heavy atom. The third kappa shape index (κ3) is 4.51. The van der Waals surface area contributed by atoms with Gasteiger partial charge in [-0.15, -0.1) is 16.4 Å². The van der Waals surface area contributed by atoms with E-state index in [-0.39, 0.29) is 10.9 Å². The fourth-order valence-electron chi connectivity index (χ4n) is 4.49. The minimum atomic E-state index is -3.78. The number of aromatic nitrogens is 4. The molecule has 9 nitrogen and oxygen atoms in total. The molecule has 0 bridgehead atoms. The maximum atomic E-state index is 11.6. The number of benzene rings is 3. The molecule has 5 aromatic rings. The minimum absolute atomic E-state index is 0.0408. The summed E-state index contributed by atoms with van der Waals surface area (Å²) in [5, 5.41) is 23.8. The molecule has 2 aromatic heterocycles. The summed E-state index contributed by atoms with van der Waals surface area (Å²) < 4.78 is 24.9. The smallest absolute Gasteiger partial charge is 0.231 e. The number of hydrazone groups is 1. The first kappa shape index (κ1) is 24.2. The zero-order chi connectivity index (χ0) is 26.3. The van der Waals surface area contributed by atoms with Gasteiger partial charge in [-0.1, -0.05) is 65.9 Å². The summed E-state index contributed by atoms with van der Waals surface area (Å²) in [7, 11) is -3.78. The third-order valence-electron chi connectivity index (χ3n) is 6.43. The largest absolute Gasteiger partial charge is 0.238 e. The molecule has 6 rings (SSSR count). The first-order valence-corrected chi connectivity index (χ1v) is 14.3. The molecule has 1 atom stereocenters. The van der Waals surface area contributed by atoms with Crippen LogP contribution in [0, 0.1) is 6.92 Å². The van der Waals surface area contributed by atoms with Crippen LogP contribution in [0.2, 0.25) is 0 Å². The van der Waals surface area contributed by atoms with E-state index in [1.54, 1.807) is 28.2 Å². The molecule has 190 valence electrons. The lowest BCUT2D eigenvalue weighted by Gasteiger charge is -2.21. The Morgan fingerprint density at radius 2 is 1.63 bits per heavy atom. The van der Waals surface area contributed by atoms with Gasteiger partial charge in [-0.3, -0.25) is 0 Å². The first-order valence-electron chi connectivity index (χ1n) is 11.9. The van der Waals surface area contributed by atoms with Crippen molar-refractivity contribution in [3.05, 3.63) is 107 Å². The minimum Gasteiger partial charge on any atom is -0.231 e. The van der Waals surface area contributed by atoms with Gasteiger partial charge >= 0.3 is 0 Å². The highest BCUT2D eigenvalue weighted by atomic mass is 32.2. The van der Waals surface area contributed by atoms with Crippen LogP contribution in [-0.2, 0) is 10.0 Å². The first-order chi connectivity index (χ1) is 18.4. The van der Waals surface area contributed by atoms with Gasteiger partial charge in [0.2, 0.25) is 15.2 Å². The Labute approximate surface area is 223 Å². The van der Waals surface area contributed by atoms with Crippen molar-refractivity contribution in [3.8, 4) is 16.9 Å².